The second-order valence-electron chi connectivity index (χ2n) is 4.73. The Morgan fingerprint density at radius 1 is 1.11 bits per heavy atom. The molecule has 0 atom stereocenters. The highest BCUT2D eigenvalue weighted by Crippen LogP contribution is 2.26. The molecule has 0 amide bonds. The highest BCUT2D eigenvalue weighted by Gasteiger charge is 2.03. The first-order chi connectivity index (χ1) is 9.19. The van der Waals surface area contributed by atoms with E-state index < -0.39 is 0 Å². The molecule has 0 spiro atoms. The van der Waals surface area contributed by atoms with E-state index in [2.05, 4.69) is 53.4 Å². The topological polar surface area (TPSA) is 37.8 Å². The molecular weight excluding hydrogens is 254 g/mol. The molecular formula is C15H19N3S. The molecule has 1 heterocycles. The fourth-order valence-electron chi connectivity index (χ4n) is 1.72. The van der Waals surface area contributed by atoms with Gasteiger partial charge >= 0.3 is 0 Å². The minimum absolute atomic E-state index is 0.566. The van der Waals surface area contributed by atoms with Gasteiger partial charge in [-0.25, -0.2) is 9.97 Å². The van der Waals surface area contributed by atoms with Crippen LogP contribution in [-0.2, 0) is 6.54 Å². The molecule has 2 rings (SSSR count). The lowest BCUT2D eigenvalue weighted by Gasteiger charge is -2.06. The van der Waals surface area contributed by atoms with Gasteiger partial charge in [0.1, 0.15) is 0 Å². The van der Waals surface area contributed by atoms with Crippen molar-refractivity contribution in [2.24, 2.45) is 0 Å². The average Bonchev–Trinajstić information content (AvgIpc) is 2.42. The molecule has 0 aliphatic heterocycles. The van der Waals surface area contributed by atoms with Crippen molar-refractivity contribution in [2.75, 3.05) is 7.05 Å². The summed E-state index contributed by atoms with van der Waals surface area (Å²) < 4.78 is 0. The van der Waals surface area contributed by atoms with Crippen LogP contribution in [0.3, 0.4) is 0 Å². The van der Waals surface area contributed by atoms with Crippen LogP contribution in [0.2, 0.25) is 0 Å². The van der Waals surface area contributed by atoms with Crippen LogP contribution in [0, 0.1) is 0 Å². The van der Waals surface area contributed by atoms with Crippen LogP contribution in [0.5, 0.6) is 0 Å². The number of benzene rings is 1. The van der Waals surface area contributed by atoms with Crippen molar-refractivity contribution >= 4 is 11.8 Å². The third kappa shape index (κ3) is 4.04. The van der Waals surface area contributed by atoms with E-state index in [-0.39, 0.29) is 0 Å². The predicted octanol–water partition coefficient (Wildman–Crippen LogP) is 3.47. The molecule has 0 saturated carbocycles. The second kappa shape index (κ2) is 6.68. The van der Waals surface area contributed by atoms with Gasteiger partial charge in [0.25, 0.3) is 0 Å². The van der Waals surface area contributed by atoms with Gasteiger partial charge in [0.15, 0.2) is 5.16 Å². The van der Waals surface area contributed by atoms with Crippen molar-refractivity contribution < 1.29 is 0 Å². The van der Waals surface area contributed by atoms with E-state index in [9.17, 15) is 0 Å². The quantitative estimate of drug-likeness (QED) is 0.847. The van der Waals surface area contributed by atoms with Crippen molar-refractivity contribution in [3.63, 3.8) is 0 Å². The van der Waals surface area contributed by atoms with Crippen LogP contribution in [0.4, 0.5) is 0 Å². The SMILES string of the molecule is CNCc1cnc(Sc2ccc(C(C)C)cc2)nc1. The molecule has 1 N–H and O–H groups in total. The van der Waals surface area contributed by atoms with Crippen LogP contribution in [0.15, 0.2) is 46.7 Å². The molecule has 0 fully saturated rings. The zero-order chi connectivity index (χ0) is 13.7. The largest absolute Gasteiger partial charge is 0.316 e. The van der Waals surface area contributed by atoms with Crippen LogP contribution in [0.25, 0.3) is 0 Å². The summed E-state index contributed by atoms with van der Waals surface area (Å²) in [5, 5.41) is 3.87. The van der Waals surface area contributed by atoms with E-state index in [0.29, 0.717) is 5.92 Å². The summed E-state index contributed by atoms with van der Waals surface area (Å²) in [6, 6.07) is 8.60. The van der Waals surface area contributed by atoms with Gasteiger partial charge in [-0.05, 0) is 42.4 Å². The first-order valence-electron chi connectivity index (χ1n) is 6.42. The van der Waals surface area contributed by atoms with Crippen LogP contribution >= 0.6 is 11.8 Å². The number of aromatic nitrogens is 2. The summed E-state index contributed by atoms with van der Waals surface area (Å²) >= 11 is 1.59. The summed E-state index contributed by atoms with van der Waals surface area (Å²) in [5.74, 6) is 0.566. The lowest BCUT2D eigenvalue weighted by atomic mass is 10.0. The number of rotatable bonds is 5. The third-order valence-corrected chi connectivity index (χ3v) is 3.72. The summed E-state index contributed by atoms with van der Waals surface area (Å²) in [6.07, 6.45) is 3.74. The van der Waals surface area contributed by atoms with E-state index in [4.69, 9.17) is 0 Å². The molecule has 0 bridgehead atoms. The van der Waals surface area contributed by atoms with Crippen molar-refractivity contribution in [1.29, 1.82) is 0 Å². The van der Waals surface area contributed by atoms with Gasteiger partial charge in [-0.3, -0.25) is 0 Å². The fourth-order valence-corrected chi connectivity index (χ4v) is 2.41. The third-order valence-electron chi connectivity index (χ3n) is 2.82. The van der Waals surface area contributed by atoms with Gasteiger partial charge in [0, 0.05) is 29.4 Å². The van der Waals surface area contributed by atoms with Crippen molar-refractivity contribution in [3.05, 3.63) is 47.8 Å². The van der Waals surface area contributed by atoms with Crippen molar-refractivity contribution in [1.82, 2.24) is 15.3 Å². The van der Waals surface area contributed by atoms with Crippen LogP contribution in [-0.4, -0.2) is 17.0 Å². The number of hydrogen-bond donors (Lipinski definition) is 1. The van der Waals surface area contributed by atoms with E-state index >= 15 is 0 Å². The molecule has 0 aliphatic carbocycles. The molecule has 4 heteroatoms. The first kappa shape index (κ1) is 14.0. The summed E-state index contributed by atoms with van der Waals surface area (Å²) in [4.78, 5) is 9.90. The lowest BCUT2D eigenvalue weighted by Crippen LogP contribution is -2.05. The zero-order valence-electron chi connectivity index (χ0n) is 11.6. The Morgan fingerprint density at radius 2 is 1.74 bits per heavy atom. The van der Waals surface area contributed by atoms with Gasteiger partial charge < -0.3 is 5.32 Å². The Balaban J connectivity index is 2.04. The van der Waals surface area contributed by atoms with E-state index in [1.165, 1.54) is 10.5 Å². The maximum absolute atomic E-state index is 4.36. The monoisotopic (exact) mass is 273 g/mol. The molecule has 0 radical (unpaired) electrons. The summed E-state index contributed by atoms with van der Waals surface area (Å²) in [5.41, 5.74) is 2.46. The minimum Gasteiger partial charge on any atom is -0.316 e. The van der Waals surface area contributed by atoms with Crippen LogP contribution in [0.1, 0.15) is 30.9 Å². The Morgan fingerprint density at radius 3 is 2.26 bits per heavy atom. The first-order valence-corrected chi connectivity index (χ1v) is 7.24. The molecule has 0 aliphatic rings. The summed E-state index contributed by atoms with van der Waals surface area (Å²) in [7, 11) is 1.92. The maximum Gasteiger partial charge on any atom is 0.192 e. The van der Waals surface area contributed by atoms with Gasteiger partial charge in [0.2, 0.25) is 0 Å². The predicted molar refractivity (Wildman–Crippen MR) is 79.4 cm³/mol. The normalized spacial score (nSPS) is 10.9. The van der Waals surface area contributed by atoms with Gasteiger partial charge in [-0.15, -0.1) is 0 Å². The Labute approximate surface area is 118 Å². The smallest absolute Gasteiger partial charge is 0.192 e. The molecule has 100 valence electrons. The fraction of sp³-hybridized carbons (Fsp3) is 0.333. The van der Waals surface area contributed by atoms with Gasteiger partial charge in [-0.2, -0.15) is 0 Å². The van der Waals surface area contributed by atoms with E-state index in [1.54, 1.807) is 11.8 Å². The van der Waals surface area contributed by atoms with Crippen LogP contribution < -0.4 is 5.32 Å². The molecule has 1 aromatic heterocycles. The maximum atomic E-state index is 4.36. The molecule has 19 heavy (non-hydrogen) atoms. The van der Waals surface area contributed by atoms with Gasteiger partial charge in [0.05, 0.1) is 0 Å². The Hall–Kier alpha value is -1.39. The highest BCUT2D eigenvalue weighted by atomic mass is 32.2. The highest BCUT2D eigenvalue weighted by molar-refractivity contribution is 7.99. The number of nitrogens with one attached hydrogen (secondary N) is 1. The Kier molecular flexibility index (Phi) is 4.93. The summed E-state index contributed by atoms with van der Waals surface area (Å²) in [6.45, 7) is 5.20. The number of nitrogens with zero attached hydrogens (tertiary/aromatic N) is 2. The minimum atomic E-state index is 0.566. The average molecular weight is 273 g/mol. The second-order valence-corrected chi connectivity index (χ2v) is 5.77. The van der Waals surface area contributed by atoms with E-state index in [0.717, 1.165) is 17.3 Å². The van der Waals surface area contributed by atoms with Crippen molar-refractivity contribution in [2.45, 2.75) is 36.4 Å². The zero-order valence-corrected chi connectivity index (χ0v) is 12.4. The van der Waals surface area contributed by atoms with E-state index in [1.807, 2.05) is 19.4 Å². The molecule has 2 aromatic rings. The Bertz CT molecular complexity index is 506. The van der Waals surface area contributed by atoms with Gasteiger partial charge in [-0.1, -0.05) is 26.0 Å². The molecule has 1 aromatic carbocycles. The molecule has 0 unspecified atom stereocenters. The molecule has 3 nitrogen and oxygen atoms in total. The molecule has 0 saturated heterocycles. The lowest BCUT2D eigenvalue weighted by molar-refractivity contribution is 0.793. The number of hydrogen-bond acceptors (Lipinski definition) is 4. The van der Waals surface area contributed by atoms with Crippen molar-refractivity contribution in [3.8, 4) is 0 Å². The standard InChI is InChI=1S/C15H19N3S/c1-11(2)13-4-6-14(7-5-13)19-15-17-9-12(8-16-3)10-18-15/h4-7,9-11,16H,8H2,1-3H3.